The molecule has 0 aromatic heterocycles. The van der Waals surface area contributed by atoms with Gasteiger partial charge in [0.25, 0.3) is 5.91 Å². The Labute approximate surface area is 124 Å². The van der Waals surface area contributed by atoms with Gasteiger partial charge in [0, 0.05) is 12.6 Å². The van der Waals surface area contributed by atoms with E-state index >= 15 is 0 Å². The third kappa shape index (κ3) is 2.73. The molecule has 0 radical (unpaired) electrons. The van der Waals surface area contributed by atoms with E-state index in [9.17, 15) is 9.59 Å². The van der Waals surface area contributed by atoms with Crippen molar-refractivity contribution >= 4 is 23.4 Å². The zero-order chi connectivity index (χ0) is 14.9. The van der Waals surface area contributed by atoms with Crippen LogP contribution in [0.2, 0.25) is 0 Å². The van der Waals surface area contributed by atoms with Gasteiger partial charge in [0.05, 0.1) is 11.8 Å². The number of carbonyl (C=O) groups excluding carboxylic acids is 2. The molecular weight excluding hydrogens is 274 g/mol. The van der Waals surface area contributed by atoms with Gasteiger partial charge in [-0.25, -0.2) is 0 Å². The van der Waals surface area contributed by atoms with Gasteiger partial charge in [-0.2, -0.15) is 0 Å². The molecule has 0 saturated carbocycles. The summed E-state index contributed by atoms with van der Waals surface area (Å²) >= 11 is 6.50. The Balaban J connectivity index is 2.32. The van der Waals surface area contributed by atoms with Crippen molar-refractivity contribution in [2.75, 3.05) is 7.05 Å². The standard InChI is InChI=1S/C16H20ClNO2/c1-4-5-10(2)15(17)12-7-6-11-9-14(19)18(3)16(20)13(11)8-12/h6-8,10,15H,4-5,9H2,1-3H3. The largest absolute Gasteiger partial charge is 0.281 e. The Kier molecular flexibility index (Phi) is 4.48. The van der Waals surface area contributed by atoms with Crippen LogP contribution >= 0.6 is 11.6 Å². The number of amides is 2. The highest BCUT2D eigenvalue weighted by Gasteiger charge is 2.29. The zero-order valence-electron chi connectivity index (χ0n) is 12.1. The molecule has 108 valence electrons. The molecule has 3 nitrogen and oxygen atoms in total. The molecule has 4 heteroatoms. The quantitative estimate of drug-likeness (QED) is 0.629. The van der Waals surface area contributed by atoms with E-state index in [4.69, 9.17) is 11.6 Å². The third-order valence-electron chi connectivity index (χ3n) is 3.95. The third-order valence-corrected chi connectivity index (χ3v) is 4.63. The molecule has 0 aliphatic carbocycles. The number of imide groups is 1. The van der Waals surface area contributed by atoms with Crippen LogP contribution in [0.1, 0.15) is 53.6 Å². The van der Waals surface area contributed by atoms with E-state index in [0.717, 1.165) is 24.0 Å². The van der Waals surface area contributed by atoms with Crippen LogP contribution in [0, 0.1) is 5.92 Å². The maximum absolute atomic E-state index is 12.2. The predicted octanol–water partition coefficient (Wildman–Crippen LogP) is 3.56. The fraction of sp³-hybridized carbons (Fsp3) is 0.500. The smallest absolute Gasteiger partial charge is 0.260 e. The molecule has 2 atom stereocenters. The topological polar surface area (TPSA) is 37.4 Å². The highest BCUT2D eigenvalue weighted by atomic mass is 35.5. The molecule has 0 saturated heterocycles. The maximum Gasteiger partial charge on any atom is 0.260 e. The number of halogens is 1. The zero-order valence-corrected chi connectivity index (χ0v) is 12.9. The number of rotatable bonds is 4. The van der Waals surface area contributed by atoms with Crippen molar-refractivity contribution in [2.24, 2.45) is 5.92 Å². The van der Waals surface area contributed by atoms with Crippen molar-refractivity contribution < 1.29 is 9.59 Å². The van der Waals surface area contributed by atoms with Crippen molar-refractivity contribution in [3.05, 3.63) is 34.9 Å². The van der Waals surface area contributed by atoms with Crippen LogP contribution in [0.25, 0.3) is 0 Å². The van der Waals surface area contributed by atoms with E-state index in [1.807, 2.05) is 18.2 Å². The first-order valence-electron chi connectivity index (χ1n) is 7.03. The van der Waals surface area contributed by atoms with E-state index < -0.39 is 0 Å². The van der Waals surface area contributed by atoms with Gasteiger partial charge in [-0.1, -0.05) is 32.4 Å². The van der Waals surface area contributed by atoms with E-state index in [1.165, 1.54) is 11.9 Å². The van der Waals surface area contributed by atoms with E-state index in [0.29, 0.717) is 11.5 Å². The molecule has 0 spiro atoms. The summed E-state index contributed by atoms with van der Waals surface area (Å²) in [5.41, 5.74) is 2.37. The minimum Gasteiger partial charge on any atom is -0.281 e. The van der Waals surface area contributed by atoms with Gasteiger partial charge in [0.1, 0.15) is 0 Å². The van der Waals surface area contributed by atoms with Crippen molar-refractivity contribution in [3.63, 3.8) is 0 Å². The number of alkyl halides is 1. The molecule has 2 unspecified atom stereocenters. The Morgan fingerprint density at radius 3 is 2.70 bits per heavy atom. The molecule has 0 N–H and O–H groups in total. The molecule has 0 bridgehead atoms. The fourth-order valence-electron chi connectivity index (χ4n) is 2.62. The summed E-state index contributed by atoms with van der Waals surface area (Å²) in [6.45, 7) is 4.26. The van der Waals surface area contributed by atoms with Gasteiger partial charge in [0.15, 0.2) is 0 Å². The average molecular weight is 294 g/mol. The lowest BCUT2D eigenvalue weighted by molar-refractivity contribution is -0.127. The number of fused-ring (bicyclic) bond motifs is 1. The normalized spacial score (nSPS) is 17.9. The van der Waals surface area contributed by atoms with Crippen LogP contribution in [0.3, 0.4) is 0 Å². The van der Waals surface area contributed by atoms with Crippen molar-refractivity contribution in [1.29, 1.82) is 0 Å². The SMILES string of the molecule is CCCC(C)C(Cl)c1ccc2c(c1)C(=O)N(C)C(=O)C2. The first-order valence-corrected chi connectivity index (χ1v) is 7.47. The maximum atomic E-state index is 12.2. The van der Waals surface area contributed by atoms with Crippen molar-refractivity contribution in [1.82, 2.24) is 4.90 Å². The average Bonchev–Trinajstić information content (AvgIpc) is 2.44. The molecular formula is C16H20ClNO2. The van der Waals surface area contributed by atoms with E-state index in [-0.39, 0.29) is 23.6 Å². The second-order valence-corrected chi connectivity index (χ2v) is 5.99. The summed E-state index contributed by atoms with van der Waals surface area (Å²) in [4.78, 5) is 25.0. The van der Waals surface area contributed by atoms with Crippen LogP contribution in [0.5, 0.6) is 0 Å². The summed E-state index contributed by atoms with van der Waals surface area (Å²) in [6.07, 6.45) is 2.43. The number of benzene rings is 1. The lowest BCUT2D eigenvalue weighted by Crippen LogP contribution is -2.39. The lowest BCUT2D eigenvalue weighted by Gasteiger charge is -2.25. The second-order valence-electron chi connectivity index (χ2n) is 5.52. The Bertz CT molecular complexity index is 541. The fourth-order valence-corrected chi connectivity index (χ4v) is 2.89. The monoisotopic (exact) mass is 293 g/mol. The van der Waals surface area contributed by atoms with Crippen molar-refractivity contribution in [3.8, 4) is 0 Å². The number of likely N-dealkylation sites (N-methyl/N-ethyl adjacent to an activating group) is 1. The highest BCUT2D eigenvalue weighted by molar-refractivity contribution is 6.21. The molecule has 2 rings (SSSR count). The van der Waals surface area contributed by atoms with Gasteiger partial charge in [-0.05, 0) is 29.5 Å². The lowest BCUT2D eigenvalue weighted by atomic mass is 9.91. The molecule has 1 heterocycles. The molecule has 1 aromatic rings. The van der Waals surface area contributed by atoms with Crippen LogP contribution in [-0.4, -0.2) is 23.8 Å². The van der Waals surface area contributed by atoms with Crippen LogP contribution in [-0.2, 0) is 11.2 Å². The van der Waals surface area contributed by atoms with Gasteiger partial charge in [0.2, 0.25) is 5.91 Å². The number of hydrogen-bond acceptors (Lipinski definition) is 2. The molecule has 1 aliphatic heterocycles. The van der Waals surface area contributed by atoms with Gasteiger partial charge in [-0.3, -0.25) is 14.5 Å². The van der Waals surface area contributed by atoms with E-state index in [2.05, 4.69) is 13.8 Å². The number of nitrogens with zero attached hydrogens (tertiary/aromatic N) is 1. The summed E-state index contributed by atoms with van der Waals surface area (Å²) in [6, 6.07) is 5.65. The first-order chi connectivity index (χ1) is 9.45. The summed E-state index contributed by atoms with van der Waals surface area (Å²) in [7, 11) is 1.53. The number of hydrogen-bond donors (Lipinski definition) is 0. The van der Waals surface area contributed by atoms with Gasteiger partial charge in [-0.15, -0.1) is 11.6 Å². The molecule has 20 heavy (non-hydrogen) atoms. The number of carbonyl (C=O) groups is 2. The Morgan fingerprint density at radius 1 is 1.35 bits per heavy atom. The second kappa shape index (κ2) is 5.96. The van der Waals surface area contributed by atoms with Crippen molar-refractivity contribution in [2.45, 2.75) is 38.5 Å². The first kappa shape index (κ1) is 15.0. The van der Waals surface area contributed by atoms with Crippen LogP contribution < -0.4 is 0 Å². The highest BCUT2D eigenvalue weighted by Crippen LogP contribution is 2.33. The predicted molar refractivity (Wildman–Crippen MR) is 79.9 cm³/mol. The van der Waals surface area contributed by atoms with E-state index in [1.54, 1.807) is 0 Å². The van der Waals surface area contributed by atoms with Crippen LogP contribution in [0.15, 0.2) is 18.2 Å². The molecule has 2 amide bonds. The summed E-state index contributed by atoms with van der Waals surface area (Å²) < 4.78 is 0. The Hall–Kier alpha value is -1.35. The van der Waals surface area contributed by atoms with Gasteiger partial charge >= 0.3 is 0 Å². The molecule has 0 fully saturated rings. The summed E-state index contributed by atoms with van der Waals surface area (Å²) in [5, 5.41) is -0.101. The Morgan fingerprint density at radius 2 is 2.05 bits per heavy atom. The minimum absolute atomic E-state index is 0.101. The minimum atomic E-state index is -0.231. The molecule has 1 aromatic carbocycles. The van der Waals surface area contributed by atoms with Crippen LogP contribution in [0.4, 0.5) is 0 Å². The molecule has 1 aliphatic rings. The van der Waals surface area contributed by atoms with Gasteiger partial charge < -0.3 is 0 Å². The summed E-state index contributed by atoms with van der Waals surface area (Å²) in [5.74, 6) is -0.0279.